The van der Waals surface area contributed by atoms with Crippen molar-refractivity contribution in [2.75, 3.05) is 5.32 Å². The number of nitrogens with zero attached hydrogens (tertiary/aromatic N) is 1. The summed E-state index contributed by atoms with van der Waals surface area (Å²) in [5.74, 6) is 6.23. The first-order valence-corrected chi connectivity index (χ1v) is 9.93. The third-order valence-corrected chi connectivity index (χ3v) is 5.48. The normalized spacial score (nSPS) is 12.4. The van der Waals surface area contributed by atoms with Crippen molar-refractivity contribution in [2.24, 2.45) is 0 Å². The topological polar surface area (TPSA) is 51.2 Å². The first kappa shape index (κ1) is 18.7. The number of carbonyl (C=O) groups is 1. The van der Waals surface area contributed by atoms with Crippen molar-refractivity contribution < 1.29 is 9.53 Å². The van der Waals surface area contributed by atoms with Crippen molar-refractivity contribution in [3.05, 3.63) is 95.5 Å². The maximum Gasteiger partial charge on any atom is 0.413 e. The number of amides is 1. The molecule has 0 aliphatic rings. The summed E-state index contributed by atoms with van der Waals surface area (Å²) >= 11 is 1.47. The van der Waals surface area contributed by atoms with Gasteiger partial charge in [0.05, 0.1) is 10.2 Å². The molecule has 1 aromatic heterocycles. The molecule has 0 bridgehead atoms. The molecule has 0 saturated heterocycles. The number of anilines is 1. The summed E-state index contributed by atoms with van der Waals surface area (Å²) in [6.07, 6.45) is -0.583. The molecule has 0 aliphatic heterocycles. The predicted molar refractivity (Wildman–Crippen MR) is 117 cm³/mol. The highest BCUT2D eigenvalue weighted by atomic mass is 32.1. The fourth-order valence-electron chi connectivity index (χ4n) is 2.76. The average molecular weight is 398 g/mol. The van der Waals surface area contributed by atoms with E-state index in [2.05, 4.69) is 22.1 Å². The molecule has 3 aromatic carbocycles. The van der Waals surface area contributed by atoms with E-state index in [0.29, 0.717) is 10.7 Å². The highest BCUT2D eigenvalue weighted by Crippen LogP contribution is 2.33. The van der Waals surface area contributed by atoms with Gasteiger partial charge < -0.3 is 4.74 Å². The lowest BCUT2D eigenvalue weighted by molar-refractivity contribution is 0.0761. The number of benzene rings is 3. The molecule has 4 aromatic rings. The van der Waals surface area contributed by atoms with Gasteiger partial charge in [0, 0.05) is 11.3 Å². The number of nitrogens with one attached hydrogen (secondary N) is 1. The van der Waals surface area contributed by atoms with E-state index < -0.39 is 11.7 Å². The van der Waals surface area contributed by atoms with Gasteiger partial charge in [0.15, 0.2) is 5.01 Å². The number of ether oxygens (including phenoxy) is 1. The van der Waals surface area contributed by atoms with Crippen LogP contribution < -0.4 is 5.32 Å². The Morgan fingerprint density at radius 3 is 2.34 bits per heavy atom. The number of hydrogen-bond donors (Lipinski definition) is 1. The van der Waals surface area contributed by atoms with Gasteiger partial charge in [-0.1, -0.05) is 54.5 Å². The molecule has 29 heavy (non-hydrogen) atoms. The van der Waals surface area contributed by atoms with Gasteiger partial charge >= 0.3 is 6.09 Å². The molecule has 142 valence electrons. The third kappa shape index (κ3) is 4.45. The first-order chi connectivity index (χ1) is 14.1. The number of hydrogen-bond acceptors (Lipinski definition) is 4. The molecule has 0 radical (unpaired) electrons. The summed E-state index contributed by atoms with van der Waals surface area (Å²) < 4.78 is 6.82. The largest absolute Gasteiger partial charge is 0.423 e. The van der Waals surface area contributed by atoms with Gasteiger partial charge in [0.2, 0.25) is 5.60 Å². The van der Waals surface area contributed by atoms with Crippen LogP contribution in [0, 0.1) is 11.8 Å². The molecule has 0 fully saturated rings. The number of para-hydroxylation sites is 2. The molecule has 1 atom stereocenters. The lowest BCUT2D eigenvalue weighted by atomic mass is 10.1. The fraction of sp³-hybridized carbons (Fsp3) is 0.0833. The summed E-state index contributed by atoms with van der Waals surface area (Å²) in [6, 6.07) is 26.6. The summed E-state index contributed by atoms with van der Waals surface area (Å²) in [6.45, 7) is 1.77. The summed E-state index contributed by atoms with van der Waals surface area (Å²) in [7, 11) is 0. The quantitative estimate of drug-likeness (QED) is 0.443. The van der Waals surface area contributed by atoms with Crippen molar-refractivity contribution in [3.8, 4) is 11.8 Å². The zero-order valence-corrected chi connectivity index (χ0v) is 16.6. The van der Waals surface area contributed by atoms with Gasteiger partial charge in [-0.2, -0.15) is 0 Å². The SMILES string of the molecule is CC(C#Cc1ccccc1)(OC(=O)Nc1ccccc1)c1nc2ccccc2s1. The van der Waals surface area contributed by atoms with Crippen LogP contribution in [-0.2, 0) is 10.3 Å². The second-order valence-corrected chi connectivity index (χ2v) is 7.55. The van der Waals surface area contributed by atoms with Crippen molar-refractivity contribution in [1.29, 1.82) is 0 Å². The second kappa shape index (κ2) is 8.17. The Labute approximate surface area is 173 Å². The van der Waals surface area contributed by atoms with Crippen LogP contribution in [0.4, 0.5) is 10.5 Å². The predicted octanol–water partition coefficient (Wildman–Crippen LogP) is 5.81. The van der Waals surface area contributed by atoms with Crippen molar-refractivity contribution in [1.82, 2.24) is 4.98 Å². The number of fused-ring (bicyclic) bond motifs is 1. The Morgan fingerprint density at radius 2 is 1.62 bits per heavy atom. The summed E-state index contributed by atoms with van der Waals surface area (Å²) in [4.78, 5) is 17.3. The maximum atomic E-state index is 12.6. The van der Waals surface area contributed by atoms with Crippen LogP contribution in [0.15, 0.2) is 84.9 Å². The number of thiazole rings is 1. The number of aromatic nitrogens is 1. The Morgan fingerprint density at radius 1 is 0.966 bits per heavy atom. The maximum absolute atomic E-state index is 12.6. The van der Waals surface area contributed by atoms with E-state index in [1.807, 2.05) is 72.8 Å². The monoisotopic (exact) mass is 398 g/mol. The Kier molecular flexibility index (Phi) is 5.28. The third-order valence-electron chi connectivity index (χ3n) is 4.24. The standard InChI is InChI=1S/C24H18N2O2S/c1-24(17-16-18-10-4-2-5-11-18,22-26-20-14-8-9-15-21(20)29-22)28-23(27)25-19-12-6-3-7-13-19/h2-15H,1H3,(H,25,27). The van der Waals surface area contributed by atoms with E-state index in [1.54, 1.807) is 19.1 Å². The first-order valence-electron chi connectivity index (χ1n) is 9.12. The van der Waals surface area contributed by atoms with Gasteiger partial charge in [-0.15, -0.1) is 11.3 Å². The minimum Gasteiger partial charge on any atom is -0.423 e. The van der Waals surface area contributed by atoms with E-state index >= 15 is 0 Å². The number of carbonyl (C=O) groups excluding carboxylic acids is 1. The van der Waals surface area contributed by atoms with Gasteiger partial charge in [0.25, 0.3) is 0 Å². The lowest BCUT2D eigenvalue weighted by Gasteiger charge is -2.22. The molecule has 1 heterocycles. The molecule has 4 nitrogen and oxygen atoms in total. The minimum atomic E-state index is -1.20. The number of rotatable bonds is 3. The van der Waals surface area contributed by atoms with E-state index in [1.165, 1.54) is 11.3 Å². The zero-order valence-electron chi connectivity index (χ0n) is 15.8. The molecule has 0 aliphatic carbocycles. The molecular weight excluding hydrogens is 380 g/mol. The smallest absolute Gasteiger partial charge is 0.413 e. The summed E-state index contributed by atoms with van der Waals surface area (Å²) in [5, 5.41) is 3.38. The van der Waals surface area contributed by atoms with Crippen LogP contribution in [0.5, 0.6) is 0 Å². The van der Waals surface area contributed by atoms with Crippen molar-refractivity contribution >= 4 is 33.3 Å². The highest BCUT2D eigenvalue weighted by Gasteiger charge is 2.33. The van der Waals surface area contributed by atoms with E-state index in [4.69, 9.17) is 4.74 Å². The molecule has 0 saturated carbocycles. The molecular formula is C24H18N2O2S. The van der Waals surface area contributed by atoms with Crippen LogP contribution in [0.3, 0.4) is 0 Å². The zero-order chi connectivity index (χ0) is 20.1. The van der Waals surface area contributed by atoms with Gasteiger partial charge in [-0.05, 0) is 49.2 Å². The molecule has 1 unspecified atom stereocenters. The highest BCUT2D eigenvalue weighted by molar-refractivity contribution is 7.18. The van der Waals surface area contributed by atoms with Crippen LogP contribution >= 0.6 is 11.3 Å². The van der Waals surface area contributed by atoms with E-state index in [-0.39, 0.29) is 0 Å². The molecule has 1 amide bonds. The van der Waals surface area contributed by atoms with Crippen molar-refractivity contribution in [2.45, 2.75) is 12.5 Å². The average Bonchev–Trinajstić information content (AvgIpc) is 3.19. The van der Waals surface area contributed by atoms with Crippen LogP contribution in [0.1, 0.15) is 17.5 Å². The van der Waals surface area contributed by atoms with Gasteiger partial charge in [-0.25, -0.2) is 9.78 Å². The molecule has 5 heteroatoms. The van der Waals surface area contributed by atoms with Crippen LogP contribution in [0.25, 0.3) is 10.2 Å². The molecule has 4 rings (SSSR count). The van der Waals surface area contributed by atoms with Crippen LogP contribution in [-0.4, -0.2) is 11.1 Å². The van der Waals surface area contributed by atoms with E-state index in [0.717, 1.165) is 15.8 Å². The fourth-order valence-corrected chi connectivity index (χ4v) is 3.77. The lowest BCUT2D eigenvalue weighted by Crippen LogP contribution is -2.30. The summed E-state index contributed by atoms with van der Waals surface area (Å²) in [5.41, 5.74) is 1.15. The molecule has 1 N–H and O–H groups in total. The van der Waals surface area contributed by atoms with Gasteiger partial charge in [0.1, 0.15) is 0 Å². The van der Waals surface area contributed by atoms with Gasteiger partial charge in [-0.3, -0.25) is 5.32 Å². The molecule has 0 spiro atoms. The Balaban J connectivity index is 1.68. The Hall–Kier alpha value is -3.62. The minimum absolute atomic E-state index is 0.583. The Bertz CT molecular complexity index is 1160. The van der Waals surface area contributed by atoms with Crippen LogP contribution in [0.2, 0.25) is 0 Å². The van der Waals surface area contributed by atoms with Crippen molar-refractivity contribution in [3.63, 3.8) is 0 Å². The van der Waals surface area contributed by atoms with E-state index in [9.17, 15) is 4.79 Å². The second-order valence-electron chi connectivity index (χ2n) is 6.52.